The number of carbonyl (C=O) groups is 1. The highest BCUT2D eigenvalue weighted by Gasteiger charge is 2.20. The zero-order chi connectivity index (χ0) is 17.1. The molecule has 0 radical (unpaired) electrons. The predicted molar refractivity (Wildman–Crippen MR) is 92.0 cm³/mol. The van der Waals surface area contributed by atoms with Gasteiger partial charge in [0.1, 0.15) is 0 Å². The van der Waals surface area contributed by atoms with Crippen molar-refractivity contribution in [2.45, 2.75) is 4.90 Å². The van der Waals surface area contributed by atoms with E-state index in [1.54, 1.807) is 36.4 Å². The number of hydrogen-bond acceptors (Lipinski definition) is 6. The summed E-state index contributed by atoms with van der Waals surface area (Å²) in [6.07, 6.45) is 0. The van der Waals surface area contributed by atoms with Gasteiger partial charge in [-0.05, 0) is 36.4 Å². The summed E-state index contributed by atoms with van der Waals surface area (Å²) in [6, 6.07) is 12.9. The molecule has 0 fully saturated rings. The number of nitro benzene ring substituents is 1. The van der Waals surface area contributed by atoms with Gasteiger partial charge in [0, 0.05) is 29.3 Å². The average molecular weight is 343 g/mol. The number of aliphatic imine (C=N–C) groups is 1. The van der Waals surface area contributed by atoms with Gasteiger partial charge in [0.05, 0.1) is 17.0 Å². The van der Waals surface area contributed by atoms with E-state index in [2.05, 4.69) is 4.99 Å². The van der Waals surface area contributed by atoms with E-state index >= 15 is 0 Å². The maximum atomic E-state index is 10.9. The minimum Gasteiger partial charge on any atom is -0.478 e. The third kappa shape index (κ3) is 3.38. The molecule has 0 saturated heterocycles. The minimum absolute atomic E-state index is 0.0498. The molecule has 1 aliphatic rings. The van der Waals surface area contributed by atoms with Crippen molar-refractivity contribution >= 4 is 34.3 Å². The molecular formula is C16H13N3O4S. The number of anilines is 1. The maximum Gasteiger partial charge on any atom is 0.335 e. The Hall–Kier alpha value is -2.87. The molecule has 24 heavy (non-hydrogen) atoms. The van der Waals surface area contributed by atoms with Gasteiger partial charge in [0.25, 0.3) is 5.69 Å². The highest BCUT2D eigenvalue weighted by molar-refractivity contribution is 8.14. The van der Waals surface area contributed by atoms with Crippen molar-refractivity contribution in [2.24, 2.45) is 4.99 Å². The highest BCUT2D eigenvalue weighted by atomic mass is 32.2. The van der Waals surface area contributed by atoms with E-state index in [1.807, 2.05) is 4.90 Å². The van der Waals surface area contributed by atoms with E-state index < -0.39 is 10.9 Å². The fourth-order valence-electron chi connectivity index (χ4n) is 2.28. The molecule has 1 aliphatic heterocycles. The fourth-order valence-corrected chi connectivity index (χ4v) is 3.22. The average Bonchev–Trinajstić information content (AvgIpc) is 3.03. The second-order valence-corrected chi connectivity index (χ2v) is 6.06. The van der Waals surface area contributed by atoms with Crippen LogP contribution in [0.1, 0.15) is 10.4 Å². The van der Waals surface area contributed by atoms with Crippen molar-refractivity contribution in [2.75, 3.05) is 18.0 Å². The van der Waals surface area contributed by atoms with E-state index in [1.165, 1.54) is 23.9 Å². The first kappa shape index (κ1) is 16.0. The summed E-state index contributed by atoms with van der Waals surface area (Å²) in [5.74, 6) is -0.961. The van der Waals surface area contributed by atoms with Crippen molar-refractivity contribution < 1.29 is 14.8 Å². The Morgan fingerprint density at radius 2 is 1.83 bits per heavy atom. The molecule has 0 spiro atoms. The predicted octanol–water partition coefficient (Wildman–Crippen LogP) is 3.26. The first-order valence-electron chi connectivity index (χ1n) is 7.12. The van der Waals surface area contributed by atoms with Crippen molar-refractivity contribution in [3.63, 3.8) is 0 Å². The number of hydrogen-bond donors (Lipinski definition) is 1. The van der Waals surface area contributed by atoms with Gasteiger partial charge in [0.15, 0.2) is 5.17 Å². The highest BCUT2D eigenvalue weighted by Crippen LogP contribution is 2.29. The molecule has 8 heteroatoms. The monoisotopic (exact) mass is 343 g/mol. The van der Waals surface area contributed by atoms with Crippen LogP contribution in [0.15, 0.2) is 58.4 Å². The summed E-state index contributed by atoms with van der Waals surface area (Å²) in [5.41, 5.74) is 1.15. The van der Waals surface area contributed by atoms with Crippen LogP contribution in [0.2, 0.25) is 0 Å². The lowest BCUT2D eigenvalue weighted by molar-refractivity contribution is -0.384. The van der Waals surface area contributed by atoms with Crippen LogP contribution in [0, 0.1) is 10.1 Å². The number of nitrogens with zero attached hydrogens (tertiary/aromatic N) is 3. The molecule has 0 saturated carbocycles. The Morgan fingerprint density at radius 1 is 1.17 bits per heavy atom. The van der Waals surface area contributed by atoms with Gasteiger partial charge in [-0.25, -0.2) is 4.79 Å². The Bertz CT molecular complexity index is 803. The molecule has 0 aliphatic carbocycles. The van der Waals surface area contributed by atoms with E-state index in [4.69, 9.17) is 5.11 Å². The van der Waals surface area contributed by atoms with Crippen LogP contribution in [-0.2, 0) is 0 Å². The number of aromatic carboxylic acids is 1. The molecule has 0 atom stereocenters. The Morgan fingerprint density at radius 3 is 2.42 bits per heavy atom. The van der Waals surface area contributed by atoms with Gasteiger partial charge in [-0.2, -0.15) is 0 Å². The summed E-state index contributed by atoms with van der Waals surface area (Å²) in [4.78, 5) is 28.5. The molecule has 0 amide bonds. The van der Waals surface area contributed by atoms with Crippen molar-refractivity contribution in [1.82, 2.24) is 0 Å². The number of nitro groups is 1. The maximum absolute atomic E-state index is 10.9. The third-order valence-corrected chi connectivity index (χ3v) is 4.52. The topological polar surface area (TPSA) is 96.0 Å². The Labute approximate surface area is 141 Å². The van der Waals surface area contributed by atoms with Crippen LogP contribution in [-0.4, -0.2) is 34.3 Å². The molecule has 3 rings (SSSR count). The van der Waals surface area contributed by atoms with Crippen LogP contribution in [0.5, 0.6) is 0 Å². The van der Waals surface area contributed by atoms with Crippen molar-refractivity contribution in [1.29, 1.82) is 0 Å². The number of amidine groups is 1. The third-order valence-electron chi connectivity index (χ3n) is 3.48. The lowest BCUT2D eigenvalue weighted by Gasteiger charge is -2.20. The first-order valence-corrected chi connectivity index (χ1v) is 7.94. The zero-order valence-electron chi connectivity index (χ0n) is 12.5. The number of benzene rings is 2. The van der Waals surface area contributed by atoms with Crippen LogP contribution in [0.25, 0.3) is 0 Å². The minimum atomic E-state index is -0.961. The van der Waals surface area contributed by atoms with Gasteiger partial charge in [-0.3, -0.25) is 15.1 Å². The summed E-state index contributed by atoms with van der Waals surface area (Å²) in [5, 5.41) is 20.4. The van der Waals surface area contributed by atoms with Crippen LogP contribution in [0.4, 0.5) is 11.4 Å². The normalized spacial score (nSPS) is 13.7. The SMILES string of the molecule is O=C(O)c1ccc(N2CCN=C2Sc2ccc([N+](=O)[O-])cc2)cc1. The van der Waals surface area contributed by atoms with E-state index in [-0.39, 0.29) is 11.3 Å². The first-order chi connectivity index (χ1) is 11.5. The van der Waals surface area contributed by atoms with E-state index in [0.29, 0.717) is 13.1 Å². The molecule has 7 nitrogen and oxygen atoms in total. The van der Waals surface area contributed by atoms with Crippen LogP contribution < -0.4 is 4.90 Å². The van der Waals surface area contributed by atoms with Gasteiger partial charge in [-0.1, -0.05) is 11.8 Å². The zero-order valence-corrected chi connectivity index (χ0v) is 13.3. The fraction of sp³-hybridized carbons (Fsp3) is 0.125. The van der Waals surface area contributed by atoms with Gasteiger partial charge in [0.2, 0.25) is 0 Å². The largest absolute Gasteiger partial charge is 0.478 e. The Balaban J connectivity index is 1.75. The second-order valence-electron chi connectivity index (χ2n) is 5.02. The molecule has 1 N–H and O–H groups in total. The van der Waals surface area contributed by atoms with Crippen LogP contribution in [0.3, 0.4) is 0 Å². The van der Waals surface area contributed by atoms with Gasteiger partial charge < -0.3 is 10.0 Å². The Kier molecular flexibility index (Phi) is 4.48. The molecule has 1 heterocycles. The molecule has 2 aromatic carbocycles. The summed E-state index contributed by atoms with van der Waals surface area (Å²) >= 11 is 1.42. The molecule has 0 aromatic heterocycles. The molecule has 2 aromatic rings. The summed E-state index contributed by atoms with van der Waals surface area (Å²) in [7, 11) is 0. The van der Waals surface area contributed by atoms with E-state index in [9.17, 15) is 14.9 Å². The van der Waals surface area contributed by atoms with Crippen molar-refractivity contribution in [3.8, 4) is 0 Å². The number of carboxylic acid groups (broad SMARTS) is 1. The van der Waals surface area contributed by atoms with Crippen LogP contribution >= 0.6 is 11.8 Å². The lowest BCUT2D eigenvalue weighted by atomic mass is 10.2. The number of non-ortho nitro benzene ring substituents is 1. The standard InChI is InChI=1S/C16H13N3O4S/c20-15(21)11-1-3-12(4-2-11)18-10-9-17-16(18)24-14-7-5-13(6-8-14)19(22)23/h1-8H,9-10H2,(H,20,21). The van der Waals surface area contributed by atoms with E-state index in [0.717, 1.165) is 15.8 Å². The number of rotatable bonds is 4. The lowest BCUT2D eigenvalue weighted by Crippen LogP contribution is -2.24. The summed E-state index contributed by atoms with van der Waals surface area (Å²) in [6.45, 7) is 1.36. The molecular weight excluding hydrogens is 330 g/mol. The summed E-state index contributed by atoms with van der Waals surface area (Å²) < 4.78 is 0. The molecule has 0 unspecified atom stereocenters. The van der Waals surface area contributed by atoms with Crippen molar-refractivity contribution in [3.05, 3.63) is 64.2 Å². The molecule has 0 bridgehead atoms. The second kappa shape index (κ2) is 6.71. The van der Waals surface area contributed by atoms with Gasteiger partial charge >= 0.3 is 5.97 Å². The molecule has 122 valence electrons. The number of carboxylic acids is 1. The number of thioether (sulfide) groups is 1. The van der Waals surface area contributed by atoms with Gasteiger partial charge in [-0.15, -0.1) is 0 Å². The smallest absolute Gasteiger partial charge is 0.335 e. The quantitative estimate of drug-likeness (QED) is 0.676.